The lowest BCUT2D eigenvalue weighted by Crippen LogP contribution is -2.16. The van der Waals surface area contributed by atoms with E-state index in [1.54, 1.807) is 13.0 Å². The van der Waals surface area contributed by atoms with Crippen LogP contribution in [0.5, 0.6) is 5.75 Å². The maximum atomic E-state index is 14.9. The molecule has 0 radical (unpaired) electrons. The second-order valence-electron chi connectivity index (χ2n) is 9.41. The molecule has 0 atom stereocenters. The van der Waals surface area contributed by atoms with Crippen molar-refractivity contribution in [2.45, 2.75) is 51.4 Å². The van der Waals surface area contributed by atoms with E-state index in [0.29, 0.717) is 24.8 Å². The average molecular weight is 522 g/mol. The summed E-state index contributed by atoms with van der Waals surface area (Å²) < 4.78 is 92.1. The molecule has 2 nitrogen and oxygen atoms in total. The summed E-state index contributed by atoms with van der Waals surface area (Å²) >= 11 is 0. The maximum absolute atomic E-state index is 14.9. The molecule has 1 aliphatic carbocycles. The summed E-state index contributed by atoms with van der Waals surface area (Å²) in [4.78, 5) is 0. The number of aryl methyl sites for hydroxylation is 1. The first kappa shape index (κ1) is 26.9. The molecule has 0 aromatic heterocycles. The largest absolute Gasteiger partial charge is 0.491 e. The second-order valence-corrected chi connectivity index (χ2v) is 9.41. The van der Waals surface area contributed by atoms with E-state index in [2.05, 4.69) is 5.32 Å². The lowest BCUT2D eigenvalue weighted by Gasteiger charge is -2.29. The fourth-order valence-electron chi connectivity index (χ4n) is 5.19. The van der Waals surface area contributed by atoms with Crippen LogP contribution in [0.1, 0.15) is 56.1 Å². The van der Waals surface area contributed by atoms with Gasteiger partial charge in [0.25, 0.3) is 0 Å². The Kier molecular flexibility index (Phi) is 8.35. The molecule has 8 heteroatoms. The summed E-state index contributed by atoms with van der Waals surface area (Å²) in [7, 11) is 1.53. The summed E-state index contributed by atoms with van der Waals surface area (Å²) in [5, 5.41) is 2.63. The minimum atomic E-state index is -1.30. The molecule has 1 fully saturated rings. The monoisotopic (exact) mass is 521 g/mol. The van der Waals surface area contributed by atoms with Gasteiger partial charge in [-0.15, -0.1) is 0 Å². The van der Waals surface area contributed by atoms with Crippen molar-refractivity contribution in [1.29, 1.82) is 0 Å². The van der Waals surface area contributed by atoms with Crippen molar-refractivity contribution >= 4 is 5.69 Å². The first-order valence-corrected chi connectivity index (χ1v) is 12.5. The average Bonchev–Trinajstić information content (AvgIpc) is 2.90. The molecule has 0 amide bonds. The van der Waals surface area contributed by atoms with Crippen molar-refractivity contribution in [3.63, 3.8) is 0 Å². The number of anilines is 1. The van der Waals surface area contributed by atoms with E-state index in [0.717, 1.165) is 12.8 Å². The number of hydrogen-bond acceptors (Lipinski definition) is 2. The van der Waals surface area contributed by atoms with E-state index in [1.165, 1.54) is 37.4 Å². The van der Waals surface area contributed by atoms with E-state index in [-0.39, 0.29) is 53.0 Å². The van der Waals surface area contributed by atoms with Crippen molar-refractivity contribution < 1.29 is 31.1 Å². The molecular formula is C29H29F6NO. The van der Waals surface area contributed by atoms with Crippen LogP contribution in [0.3, 0.4) is 0 Å². The summed E-state index contributed by atoms with van der Waals surface area (Å²) in [5.74, 6) is -6.71. The Bertz CT molecular complexity index is 1270. The highest BCUT2D eigenvalue weighted by Gasteiger charge is 2.27. The second kappa shape index (κ2) is 11.5. The molecule has 4 rings (SSSR count). The highest BCUT2D eigenvalue weighted by Crippen LogP contribution is 2.40. The molecular weight excluding hydrogens is 492 g/mol. The van der Waals surface area contributed by atoms with Gasteiger partial charge in [-0.3, -0.25) is 0 Å². The third-order valence-corrected chi connectivity index (χ3v) is 7.29. The van der Waals surface area contributed by atoms with Crippen LogP contribution in [-0.2, 0) is 6.42 Å². The normalized spacial score (nSPS) is 17.6. The fourth-order valence-corrected chi connectivity index (χ4v) is 5.19. The number of halogens is 6. The van der Waals surface area contributed by atoms with E-state index in [1.807, 2.05) is 0 Å². The van der Waals surface area contributed by atoms with Crippen molar-refractivity contribution in [3.8, 4) is 16.9 Å². The van der Waals surface area contributed by atoms with Gasteiger partial charge in [-0.1, -0.05) is 18.2 Å². The predicted octanol–water partition coefficient (Wildman–Crippen LogP) is 8.54. The van der Waals surface area contributed by atoms with Gasteiger partial charge in [0.2, 0.25) is 5.82 Å². The fraction of sp³-hybridized carbons (Fsp3) is 0.379. The lowest BCUT2D eigenvalue weighted by molar-refractivity contribution is 0.304. The highest BCUT2D eigenvalue weighted by atomic mass is 19.2. The van der Waals surface area contributed by atoms with Gasteiger partial charge in [0.1, 0.15) is 0 Å². The van der Waals surface area contributed by atoms with E-state index < -0.39 is 34.9 Å². The molecule has 37 heavy (non-hydrogen) atoms. The molecule has 1 N–H and O–H groups in total. The van der Waals surface area contributed by atoms with Crippen LogP contribution in [-0.4, -0.2) is 13.7 Å². The minimum absolute atomic E-state index is 0.0884. The summed E-state index contributed by atoms with van der Waals surface area (Å²) in [6.07, 6.45) is 3.76. The third-order valence-electron chi connectivity index (χ3n) is 7.29. The molecule has 0 unspecified atom stereocenters. The molecule has 0 saturated heterocycles. The molecule has 1 saturated carbocycles. The molecule has 3 aromatic rings. The highest BCUT2D eigenvalue weighted by molar-refractivity contribution is 5.66. The molecule has 0 spiro atoms. The van der Waals surface area contributed by atoms with Crippen LogP contribution in [0, 0.1) is 40.8 Å². The van der Waals surface area contributed by atoms with Gasteiger partial charge in [0.15, 0.2) is 34.8 Å². The lowest BCUT2D eigenvalue weighted by atomic mass is 9.76. The van der Waals surface area contributed by atoms with Crippen molar-refractivity contribution in [1.82, 2.24) is 0 Å². The summed E-state index contributed by atoms with van der Waals surface area (Å²) in [6, 6.07) is 8.17. The van der Waals surface area contributed by atoms with Crippen LogP contribution < -0.4 is 10.1 Å². The van der Waals surface area contributed by atoms with Gasteiger partial charge in [-0.25, -0.2) is 22.0 Å². The molecule has 0 heterocycles. The number of nitrogens with one attached hydrogen (secondary N) is 1. The van der Waals surface area contributed by atoms with Crippen LogP contribution in [0.4, 0.5) is 32.0 Å². The number of benzene rings is 3. The number of rotatable bonds is 8. The maximum Gasteiger partial charge on any atom is 0.201 e. The minimum Gasteiger partial charge on any atom is -0.491 e. The first-order chi connectivity index (χ1) is 17.8. The predicted molar refractivity (Wildman–Crippen MR) is 132 cm³/mol. The smallest absolute Gasteiger partial charge is 0.201 e. The zero-order valence-electron chi connectivity index (χ0n) is 20.7. The quantitative estimate of drug-likeness (QED) is 0.300. The molecule has 0 aliphatic heterocycles. The molecule has 3 aromatic carbocycles. The Labute approximate surface area is 212 Å². The molecule has 0 bridgehead atoms. The van der Waals surface area contributed by atoms with E-state index in [9.17, 15) is 26.3 Å². The van der Waals surface area contributed by atoms with Crippen LogP contribution in [0.2, 0.25) is 0 Å². The van der Waals surface area contributed by atoms with E-state index >= 15 is 0 Å². The zero-order chi connectivity index (χ0) is 26.7. The Balaban J connectivity index is 1.40. The van der Waals surface area contributed by atoms with Gasteiger partial charge < -0.3 is 10.1 Å². The van der Waals surface area contributed by atoms with Crippen molar-refractivity contribution in [3.05, 3.63) is 82.4 Å². The zero-order valence-corrected chi connectivity index (χ0v) is 20.7. The van der Waals surface area contributed by atoms with Crippen LogP contribution >= 0.6 is 0 Å². The van der Waals surface area contributed by atoms with Gasteiger partial charge in [0, 0.05) is 18.2 Å². The van der Waals surface area contributed by atoms with Gasteiger partial charge in [-0.2, -0.15) is 4.39 Å². The van der Waals surface area contributed by atoms with Crippen LogP contribution in [0.25, 0.3) is 11.1 Å². The molecule has 1 aliphatic rings. The van der Waals surface area contributed by atoms with Crippen molar-refractivity contribution in [2.24, 2.45) is 5.92 Å². The Hall–Kier alpha value is -3.16. The van der Waals surface area contributed by atoms with Crippen molar-refractivity contribution in [2.75, 3.05) is 19.0 Å². The molecule has 198 valence electrons. The first-order valence-electron chi connectivity index (χ1n) is 12.5. The number of hydrogen-bond donors (Lipinski definition) is 1. The van der Waals surface area contributed by atoms with E-state index in [4.69, 9.17) is 4.74 Å². The Morgan fingerprint density at radius 1 is 0.730 bits per heavy atom. The third kappa shape index (κ3) is 5.43. The topological polar surface area (TPSA) is 21.3 Å². The van der Waals surface area contributed by atoms with Gasteiger partial charge in [0.05, 0.1) is 12.3 Å². The summed E-state index contributed by atoms with van der Waals surface area (Å²) in [6.45, 7) is 1.75. The van der Waals surface area contributed by atoms with Gasteiger partial charge >= 0.3 is 0 Å². The van der Waals surface area contributed by atoms with Gasteiger partial charge in [-0.05, 0) is 86.6 Å². The number of ether oxygens (including phenoxy) is 1. The summed E-state index contributed by atoms with van der Waals surface area (Å²) in [5.41, 5.74) is -0.0958. The van der Waals surface area contributed by atoms with Crippen LogP contribution in [0.15, 0.2) is 36.4 Å². The Morgan fingerprint density at radius 3 is 2.03 bits per heavy atom. The SMILES string of the molecule is CCOc1ccc(-c2ccc(CCC3CCC(c4ccc(NC)c(F)c4F)CC3)c(F)c2F)c(F)c1F. The standard InChI is InChI=1S/C29H29F6NO/c1-3-37-23-15-13-21(27(33)29(23)35)20-11-10-18(24(30)26(20)32)9-6-16-4-7-17(8-5-16)19-12-14-22(36-2)28(34)25(19)31/h10-17,36H,3-9H2,1-2H3. The Morgan fingerprint density at radius 2 is 1.38 bits per heavy atom.